The molecule has 0 aliphatic carbocycles. The van der Waals surface area contributed by atoms with Gasteiger partial charge in [0.05, 0.1) is 0 Å². The minimum absolute atomic E-state index is 0.0417. The topological polar surface area (TPSA) is 87.2 Å². The SMILES string of the molecule is O=C(CCCc1nnc(C(=O)Nc2cccc(F)c2)s1)NCCCN1CCCC1. The number of benzene rings is 1. The molecule has 0 bridgehead atoms. The molecule has 1 aromatic heterocycles. The lowest BCUT2D eigenvalue weighted by atomic mass is 10.2. The van der Waals surface area contributed by atoms with Gasteiger partial charge in [-0.3, -0.25) is 9.59 Å². The maximum atomic E-state index is 13.2. The number of likely N-dealkylation sites (tertiary alicyclic amines) is 1. The number of amides is 2. The molecule has 2 amide bonds. The average Bonchev–Trinajstić information content (AvgIpc) is 3.37. The van der Waals surface area contributed by atoms with Crippen molar-refractivity contribution in [1.29, 1.82) is 0 Å². The number of carbonyl (C=O) groups excluding carboxylic acids is 2. The van der Waals surface area contributed by atoms with E-state index >= 15 is 0 Å². The fourth-order valence-corrected chi connectivity index (χ4v) is 4.00. The predicted molar refractivity (Wildman–Crippen MR) is 111 cm³/mol. The summed E-state index contributed by atoms with van der Waals surface area (Å²) in [6.45, 7) is 4.11. The minimum atomic E-state index is -0.421. The summed E-state index contributed by atoms with van der Waals surface area (Å²) in [5, 5.41) is 14.4. The van der Waals surface area contributed by atoms with Crippen LogP contribution in [0.4, 0.5) is 10.1 Å². The van der Waals surface area contributed by atoms with Crippen molar-refractivity contribution < 1.29 is 14.0 Å². The molecule has 29 heavy (non-hydrogen) atoms. The third-order valence-electron chi connectivity index (χ3n) is 4.71. The summed E-state index contributed by atoms with van der Waals surface area (Å²) >= 11 is 1.19. The van der Waals surface area contributed by atoms with Crippen LogP contribution in [0, 0.1) is 5.82 Å². The molecule has 0 atom stereocenters. The smallest absolute Gasteiger partial charge is 0.286 e. The zero-order valence-corrected chi connectivity index (χ0v) is 17.1. The molecule has 3 rings (SSSR count). The molecule has 1 saturated heterocycles. The Bertz CT molecular complexity index is 823. The van der Waals surface area contributed by atoms with Gasteiger partial charge in [0.2, 0.25) is 10.9 Å². The summed E-state index contributed by atoms with van der Waals surface area (Å²) in [4.78, 5) is 26.5. The lowest BCUT2D eigenvalue weighted by molar-refractivity contribution is -0.121. The van der Waals surface area contributed by atoms with E-state index in [0.29, 0.717) is 36.5 Å². The summed E-state index contributed by atoms with van der Waals surface area (Å²) in [6, 6.07) is 5.67. The van der Waals surface area contributed by atoms with Crippen LogP contribution in [0.2, 0.25) is 0 Å². The highest BCUT2D eigenvalue weighted by Gasteiger charge is 2.14. The van der Waals surface area contributed by atoms with Crippen LogP contribution in [0.15, 0.2) is 24.3 Å². The molecule has 2 heterocycles. The molecule has 1 aliphatic rings. The van der Waals surface area contributed by atoms with Crippen molar-refractivity contribution in [1.82, 2.24) is 20.4 Å². The van der Waals surface area contributed by atoms with Crippen molar-refractivity contribution in [2.75, 3.05) is 31.5 Å². The van der Waals surface area contributed by atoms with Gasteiger partial charge in [-0.25, -0.2) is 4.39 Å². The molecule has 2 N–H and O–H groups in total. The molecular weight excluding hydrogens is 393 g/mol. The van der Waals surface area contributed by atoms with E-state index in [1.54, 1.807) is 6.07 Å². The van der Waals surface area contributed by atoms with Crippen LogP contribution >= 0.6 is 11.3 Å². The number of hydrogen-bond acceptors (Lipinski definition) is 6. The molecular formula is C20H26FN5O2S. The first-order valence-corrected chi connectivity index (χ1v) is 10.8. The third kappa shape index (κ3) is 7.17. The molecule has 2 aromatic rings. The van der Waals surface area contributed by atoms with Crippen LogP contribution < -0.4 is 10.6 Å². The van der Waals surface area contributed by atoms with E-state index in [9.17, 15) is 14.0 Å². The van der Waals surface area contributed by atoms with E-state index in [1.165, 1.54) is 55.5 Å². The maximum Gasteiger partial charge on any atom is 0.286 e. The van der Waals surface area contributed by atoms with E-state index in [0.717, 1.165) is 13.0 Å². The van der Waals surface area contributed by atoms with Crippen LogP contribution in [0.5, 0.6) is 0 Å². The van der Waals surface area contributed by atoms with Crippen molar-refractivity contribution in [3.05, 3.63) is 40.1 Å². The molecule has 9 heteroatoms. The fraction of sp³-hybridized carbons (Fsp3) is 0.500. The second kappa shape index (κ2) is 11.0. The number of nitrogens with one attached hydrogen (secondary N) is 2. The number of aromatic nitrogens is 2. The van der Waals surface area contributed by atoms with Gasteiger partial charge in [0.15, 0.2) is 0 Å². The molecule has 1 fully saturated rings. The van der Waals surface area contributed by atoms with Gasteiger partial charge in [0.25, 0.3) is 5.91 Å². The van der Waals surface area contributed by atoms with Gasteiger partial charge in [0, 0.05) is 25.1 Å². The van der Waals surface area contributed by atoms with E-state index in [-0.39, 0.29) is 10.9 Å². The highest BCUT2D eigenvalue weighted by Crippen LogP contribution is 2.16. The van der Waals surface area contributed by atoms with Gasteiger partial charge in [-0.05, 0) is 63.5 Å². The Morgan fingerprint density at radius 3 is 2.79 bits per heavy atom. The first kappa shape index (κ1) is 21.3. The number of nitrogens with zero attached hydrogens (tertiary/aromatic N) is 3. The molecule has 1 aromatic carbocycles. The van der Waals surface area contributed by atoms with Gasteiger partial charge in [-0.2, -0.15) is 0 Å². The maximum absolute atomic E-state index is 13.2. The normalized spacial score (nSPS) is 14.1. The van der Waals surface area contributed by atoms with Crippen LogP contribution in [0.3, 0.4) is 0 Å². The quantitative estimate of drug-likeness (QED) is 0.578. The number of anilines is 1. The third-order valence-corrected chi connectivity index (χ3v) is 5.69. The van der Waals surface area contributed by atoms with Gasteiger partial charge in [-0.15, -0.1) is 10.2 Å². The number of hydrogen-bond donors (Lipinski definition) is 2. The summed E-state index contributed by atoms with van der Waals surface area (Å²) in [6.07, 6.45) is 5.21. The van der Waals surface area contributed by atoms with E-state index < -0.39 is 11.7 Å². The lowest BCUT2D eigenvalue weighted by Gasteiger charge is -2.14. The number of halogens is 1. The Morgan fingerprint density at radius 2 is 2.00 bits per heavy atom. The molecule has 0 unspecified atom stereocenters. The Kier molecular flexibility index (Phi) is 8.06. The Labute approximate surface area is 173 Å². The summed E-state index contributed by atoms with van der Waals surface area (Å²) in [7, 11) is 0. The second-order valence-electron chi connectivity index (χ2n) is 7.07. The average molecular weight is 420 g/mol. The van der Waals surface area contributed by atoms with Crippen molar-refractivity contribution in [3.63, 3.8) is 0 Å². The first-order valence-electron chi connectivity index (χ1n) is 9.98. The molecule has 1 aliphatic heterocycles. The molecule has 0 saturated carbocycles. The van der Waals surface area contributed by atoms with E-state index in [1.807, 2.05) is 0 Å². The summed E-state index contributed by atoms with van der Waals surface area (Å²) in [5.41, 5.74) is 0.369. The largest absolute Gasteiger partial charge is 0.356 e. The van der Waals surface area contributed by atoms with Crippen molar-refractivity contribution >= 4 is 28.8 Å². The number of carbonyl (C=O) groups is 2. The van der Waals surface area contributed by atoms with Crippen LogP contribution in [0.1, 0.15) is 46.9 Å². The first-order chi connectivity index (χ1) is 14.1. The Balaban J connectivity index is 1.32. The monoisotopic (exact) mass is 419 g/mol. The Hall–Kier alpha value is -2.39. The predicted octanol–water partition coefficient (Wildman–Crippen LogP) is 2.85. The summed E-state index contributed by atoms with van der Waals surface area (Å²) in [5.74, 6) is -0.801. The minimum Gasteiger partial charge on any atom is -0.356 e. The number of rotatable bonds is 10. The highest BCUT2D eigenvalue weighted by atomic mass is 32.1. The molecule has 156 valence electrons. The van der Waals surface area contributed by atoms with Crippen LogP contribution in [-0.4, -0.2) is 53.1 Å². The van der Waals surface area contributed by atoms with Gasteiger partial charge in [-0.1, -0.05) is 17.4 Å². The van der Waals surface area contributed by atoms with Crippen LogP contribution in [-0.2, 0) is 11.2 Å². The van der Waals surface area contributed by atoms with Gasteiger partial charge in [0.1, 0.15) is 10.8 Å². The van der Waals surface area contributed by atoms with Crippen LogP contribution in [0.25, 0.3) is 0 Å². The zero-order chi connectivity index (χ0) is 20.5. The lowest BCUT2D eigenvalue weighted by Crippen LogP contribution is -2.28. The highest BCUT2D eigenvalue weighted by molar-refractivity contribution is 7.13. The molecule has 0 spiro atoms. The van der Waals surface area contributed by atoms with Gasteiger partial charge >= 0.3 is 0 Å². The number of aryl methyl sites for hydroxylation is 1. The van der Waals surface area contributed by atoms with Crippen molar-refractivity contribution in [2.45, 2.75) is 38.5 Å². The van der Waals surface area contributed by atoms with Crippen molar-refractivity contribution in [3.8, 4) is 0 Å². The fourth-order valence-electron chi connectivity index (χ4n) is 3.22. The van der Waals surface area contributed by atoms with E-state index in [4.69, 9.17) is 0 Å². The second-order valence-corrected chi connectivity index (χ2v) is 8.13. The Morgan fingerprint density at radius 1 is 1.17 bits per heavy atom. The molecule has 0 radical (unpaired) electrons. The summed E-state index contributed by atoms with van der Waals surface area (Å²) < 4.78 is 13.2. The van der Waals surface area contributed by atoms with Crippen molar-refractivity contribution in [2.24, 2.45) is 0 Å². The van der Waals surface area contributed by atoms with E-state index in [2.05, 4.69) is 25.7 Å². The van der Waals surface area contributed by atoms with Gasteiger partial charge < -0.3 is 15.5 Å². The standard InChI is InChI=1S/C20H26FN5O2S/c21-15-6-3-7-16(14-15)23-19(28)20-25-24-18(29-20)9-4-8-17(27)22-10-5-13-26-11-1-2-12-26/h3,6-7,14H,1-2,4-5,8-13H2,(H,22,27)(H,23,28). The molecule has 7 nitrogen and oxygen atoms in total. The zero-order valence-electron chi connectivity index (χ0n) is 16.3.